The molecule has 2 rings (SSSR count). The van der Waals surface area contributed by atoms with Gasteiger partial charge in [-0.15, -0.1) is 0 Å². The molecule has 0 spiro atoms. The van der Waals surface area contributed by atoms with Crippen LogP contribution in [0.25, 0.3) is 0 Å². The van der Waals surface area contributed by atoms with Gasteiger partial charge in [0.1, 0.15) is 0 Å². The van der Waals surface area contributed by atoms with E-state index in [-0.39, 0.29) is 12.5 Å². The normalized spacial score (nSPS) is 10.1. The molecule has 4 heteroatoms. The van der Waals surface area contributed by atoms with Crippen molar-refractivity contribution in [1.29, 1.82) is 0 Å². The smallest absolute Gasteiger partial charge is 0.256 e. The van der Waals surface area contributed by atoms with Gasteiger partial charge >= 0.3 is 0 Å². The molecule has 0 aliphatic carbocycles. The number of benzene rings is 2. The molecule has 1 amide bonds. The molecule has 0 saturated carbocycles. The predicted molar refractivity (Wildman–Crippen MR) is 79.5 cm³/mol. The van der Waals surface area contributed by atoms with E-state index >= 15 is 0 Å². The van der Waals surface area contributed by atoms with Gasteiger partial charge in [-0.1, -0.05) is 24.3 Å². The van der Waals surface area contributed by atoms with Crippen molar-refractivity contribution in [3.05, 3.63) is 63.2 Å². The number of aliphatic hydroxyl groups is 1. The lowest BCUT2D eigenvalue weighted by Crippen LogP contribution is -2.13. The molecule has 0 heterocycles. The first kappa shape index (κ1) is 13.0. The third kappa shape index (κ3) is 3.08. The summed E-state index contributed by atoms with van der Waals surface area (Å²) < 4.78 is 0.908. The second-order valence-corrected chi connectivity index (χ2v) is 4.95. The molecule has 92 valence electrons. The van der Waals surface area contributed by atoms with Crippen molar-refractivity contribution in [1.82, 2.24) is 0 Å². The molecule has 18 heavy (non-hydrogen) atoms. The maximum atomic E-state index is 12.1. The Labute approximate surface area is 119 Å². The van der Waals surface area contributed by atoms with Gasteiger partial charge in [-0.2, -0.15) is 0 Å². The van der Waals surface area contributed by atoms with Gasteiger partial charge in [0.15, 0.2) is 0 Å². The Morgan fingerprint density at radius 3 is 2.67 bits per heavy atom. The molecule has 0 unspecified atom stereocenters. The lowest BCUT2D eigenvalue weighted by Gasteiger charge is -2.07. The number of rotatable bonds is 3. The van der Waals surface area contributed by atoms with Crippen LogP contribution in [0.15, 0.2) is 48.5 Å². The van der Waals surface area contributed by atoms with E-state index in [1.54, 1.807) is 24.3 Å². The Bertz CT molecular complexity index is 569. The van der Waals surface area contributed by atoms with Crippen LogP contribution in [0.3, 0.4) is 0 Å². The number of hydrogen-bond donors (Lipinski definition) is 2. The largest absolute Gasteiger partial charge is 0.392 e. The van der Waals surface area contributed by atoms with Crippen molar-refractivity contribution in [2.45, 2.75) is 6.61 Å². The summed E-state index contributed by atoms with van der Waals surface area (Å²) in [5.41, 5.74) is 2.11. The Balaban J connectivity index is 2.19. The van der Waals surface area contributed by atoms with Gasteiger partial charge in [-0.25, -0.2) is 0 Å². The highest BCUT2D eigenvalue weighted by molar-refractivity contribution is 14.1. The summed E-state index contributed by atoms with van der Waals surface area (Å²) in [7, 11) is 0. The molecule has 0 aliphatic rings. The Morgan fingerprint density at radius 2 is 1.94 bits per heavy atom. The van der Waals surface area contributed by atoms with Crippen LogP contribution in [-0.4, -0.2) is 11.0 Å². The van der Waals surface area contributed by atoms with Gasteiger partial charge < -0.3 is 10.4 Å². The van der Waals surface area contributed by atoms with Crippen LogP contribution in [0.2, 0.25) is 0 Å². The third-order valence-electron chi connectivity index (χ3n) is 2.49. The molecular weight excluding hydrogens is 341 g/mol. The van der Waals surface area contributed by atoms with Crippen molar-refractivity contribution in [3.63, 3.8) is 0 Å². The highest BCUT2D eigenvalue weighted by Crippen LogP contribution is 2.15. The molecule has 3 nitrogen and oxygen atoms in total. The zero-order valence-electron chi connectivity index (χ0n) is 9.56. The lowest BCUT2D eigenvalue weighted by molar-refractivity contribution is 0.102. The van der Waals surface area contributed by atoms with Gasteiger partial charge in [0.05, 0.1) is 12.2 Å². The van der Waals surface area contributed by atoms with Gasteiger partial charge in [0.25, 0.3) is 5.91 Å². The number of anilines is 1. The number of aliphatic hydroxyl groups excluding tert-OH is 1. The molecule has 0 saturated heterocycles. The first-order chi connectivity index (χ1) is 8.70. The summed E-state index contributed by atoms with van der Waals surface area (Å²) in [5, 5.41) is 11.9. The van der Waals surface area contributed by atoms with E-state index in [0.29, 0.717) is 11.3 Å². The van der Waals surface area contributed by atoms with Gasteiger partial charge in [-0.05, 0) is 52.4 Å². The maximum Gasteiger partial charge on any atom is 0.256 e. The second kappa shape index (κ2) is 5.97. The Kier molecular flexibility index (Phi) is 4.33. The number of nitrogens with one attached hydrogen (secondary N) is 1. The molecule has 2 N–H and O–H groups in total. The van der Waals surface area contributed by atoms with Crippen molar-refractivity contribution in [2.24, 2.45) is 0 Å². The zero-order chi connectivity index (χ0) is 13.0. The Morgan fingerprint density at radius 1 is 1.17 bits per heavy atom. The average molecular weight is 353 g/mol. The predicted octanol–water partition coefficient (Wildman–Crippen LogP) is 3.04. The number of carbonyl (C=O) groups excluding carboxylic acids is 1. The van der Waals surface area contributed by atoms with Gasteiger partial charge in [-0.3, -0.25) is 4.79 Å². The van der Waals surface area contributed by atoms with Crippen LogP contribution < -0.4 is 5.32 Å². The molecule has 0 fully saturated rings. The summed E-state index contributed by atoms with van der Waals surface area (Å²) in [6, 6.07) is 14.6. The van der Waals surface area contributed by atoms with Crippen LogP contribution in [0.1, 0.15) is 15.9 Å². The second-order valence-electron chi connectivity index (χ2n) is 3.79. The fourth-order valence-corrected chi connectivity index (χ4v) is 2.22. The molecule has 2 aromatic carbocycles. The minimum atomic E-state index is -0.143. The minimum absolute atomic E-state index is 0.0351. The van der Waals surface area contributed by atoms with E-state index in [1.807, 2.05) is 24.3 Å². The fraction of sp³-hybridized carbons (Fsp3) is 0.0714. The minimum Gasteiger partial charge on any atom is -0.392 e. The molecule has 0 aromatic heterocycles. The first-order valence-corrected chi connectivity index (χ1v) is 6.54. The van der Waals surface area contributed by atoms with Crippen molar-refractivity contribution < 1.29 is 9.90 Å². The molecule has 0 bridgehead atoms. The summed E-state index contributed by atoms with van der Waals surface area (Å²) in [6.07, 6.45) is 0. The van der Waals surface area contributed by atoms with Crippen LogP contribution in [-0.2, 0) is 6.61 Å². The molecular formula is C14H12INO2. The molecule has 0 aliphatic heterocycles. The number of halogens is 1. The van der Waals surface area contributed by atoms with E-state index < -0.39 is 0 Å². The topological polar surface area (TPSA) is 49.3 Å². The number of amides is 1. The average Bonchev–Trinajstić information content (AvgIpc) is 2.39. The highest BCUT2D eigenvalue weighted by Gasteiger charge is 2.09. The van der Waals surface area contributed by atoms with E-state index in [1.165, 1.54) is 0 Å². The lowest BCUT2D eigenvalue weighted by atomic mass is 10.2. The SMILES string of the molecule is O=C(Nc1cccc(CO)c1)c1ccccc1I. The summed E-state index contributed by atoms with van der Waals surface area (Å²) in [5.74, 6) is -0.143. The summed E-state index contributed by atoms with van der Waals surface area (Å²) in [6.45, 7) is -0.0351. The maximum absolute atomic E-state index is 12.1. The monoisotopic (exact) mass is 353 g/mol. The molecule has 0 atom stereocenters. The van der Waals surface area contributed by atoms with Crippen molar-refractivity contribution in [3.8, 4) is 0 Å². The van der Waals surface area contributed by atoms with Gasteiger partial charge in [0.2, 0.25) is 0 Å². The molecule has 0 radical (unpaired) electrons. The van der Waals surface area contributed by atoms with E-state index in [4.69, 9.17) is 5.11 Å². The van der Waals surface area contributed by atoms with Crippen LogP contribution in [0.5, 0.6) is 0 Å². The molecule has 2 aromatic rings. The third-order valence-corrected chi connectivity index (χ3v) is 3.43. The highest BCUT2D eigenvalue weighted by atomic mass is 127. The van der Waals surface area contributed by atoms with Crippen LogP contribution in [0, 0.1) is 3.57 Å². The quantitative estimate of drug-likeness (QED) is 0.834. The standard InChI is InChI=1S/C14H12INO2/c15-13-7-2-1-6-12(13)14(18)16-11-5-3-4-10(8-11)9-17/h1-8,17H,9H2,(H,16,18). The van der Waals surface area contributed by atoms with Crippen molar-refractivity contribution >= 4 is 34.2 Å². The Hall–Kier alpha value is -1.40. The van der Waals surface area contributed by atoms with Crippen LogP contribution in [0.4, 0.5) is 5.69 Å². The summed E-state index contributed by atoms with van der Waals surface area (Å²) in [4.78, 5) is 12.1. The van der Waals surface area contributed by atoms with E-state index in [0.717, 1.165) is 9.13 Å². The van der Waals surface area contributed by atoms with E-state index in [9.17, 15) is 4.79 Å². The van der Waals surface area contributed by atoms with E-state index in [2.05, 4.69) is 27.9 Å². The number of carbonyl (C=O) groups is 1. The summed E-state index contributed by atoms with van der Waals surface area (Å²) >= 11 is 2.13. The van der Waals surface area contributed by atoms with Crippen molar-refractivity contribution in [2.75, 3.05) is 5.32 Å². The zero-order valence-corrected chi connectivity index (χ0v) is 11.7. The first-order valence-electron chi connectivity index (χ1n) is 5.46. The number of hydrogen-bond acceptors (Lipinski definition) is 2. The fourth-order valence-electron chi connectivity index (χ4n) is 1.59. The van der Waals surface area contributed by atoms with Gasteiger partial charge in [0, 0.05) is 9.26 Å². The van der Waals surface area contributed by atoms with Crippen LogP contribution >= 0.6 is 22.6 Å².